The molecule has 0 bridgehead atoms. The molecule has 150 valence electrons. The number of benzene rings is 1. The van der Waals surface area contributed by atoms with Crippen molar-refractivity contribution in [3.8, 4) is 0 Å². The van der Waals surface area contributed by atoms with Crippen LogP contribution < -0.4 is 16.0 Å². The molecular weight excluding hydrogens is 340 g/mol. The van der Waals surface area contributed by atoms with Gasteiger partial charge in [-0.05, 0) is 50.2 Å². The largest absolute Gasteiger partial charge is 0.385 e. The molecule has 0 heterocycles. The second-order valence-electron chi connectivity index (χ2n) is 7.19. The van der Waals surface area contributed by atoms with Gasteiger partial charge in [-0.2, -0.15) is 0 Å². The molecule has 1 saturated carbocycles. The highest BCUT2D eigenvalue weighted by molar-refractivity contribution is 5.94. The Bertz CT molecular complexity index is 585. The van der Waals surface area contributed by atoms with Crippen molar-refractivity contribution < 1.29 is 9.53 Å². The number of rotatable bonds is 11. The van der Waals surface area contributed by atoms with E-state index in [1.165, 1.54) is 19.3 Å². The molecule has 0 aromatic heterocycles. The highest BCUT2D eigenvalue weighted by Gasteiger charge is 2.36. The summed E-state index contributed by atoms with van der Waals surface area (Å²) in [5, 5.41) is 9.62. The number of amides is 1. The van der Waals surface area contributed by atoms with Gasteiger partial charge < -0.3 is 20.7 Å². The smallest absolute Gasteiger partial charge is 0.251 e. The standard InChI is InChI=1S/C21H34N4O2/c1-3-22-20(25-17-21(11-7-12-21)13-16-27-2)24-15-8-14-23-19(26)18-9-5-4-6-10-18/h4-6,9-10H,3,7-8,11-17H2,1-2H3,(H,23,26)(H2,22,24,25). The van der Waals surface area contributed by atoms with Crippen LogP contribution in [0.25, 0.3) is 0 Å². The van der Waals surface area contributed by atoms with Crippen molar-refractivity contribution in [2.24, 2.45) is 10.4 Å². The van der Waals surface area contributed by atoms with Gasteiger partial charge in [-0.25, -0.2) is 0 Å². The predicted molar refractivity (Wildman–Crippen MR) is 110 cm³/mol. The number of carbonyl (C=O) groups is 1. The molecule has 0 unspecified atom stereocenters. The van der Waals surface area contributed by atoms with Gasteiger partial charge in [-0.15, -0.1) is 0 Å². The maximum atomic E-state index is 12.0. The van der Waals surface area contributed by atoms with Gasteiger partial charge in [-0.1, -0.05) is 24.6 Å². The first-order chi connectivity index (χ1) is 13.2. The van der Waals surface area contributed by atoms with E-state index in [9.17, 15) is 4.79 Å². The van der Waals surface area contributed by atoms with Crippen LogP contribution in [0.15, 0.2) is 35.3 Å². The third kappa shape index (κ3) is 7.21. The predicted octanol–water partition coefficient (Wildman–Crippen LogP) is 2.57. The molecule has 0 atom stereocenters. The minimum atomic E-state index is -0.0266. The van der Waals surface area contributed by atoms with E-state index in [-0.39, 0.29) is 5.91 Å². The van der Waals surface area contributed by atoms with Crippen molar-refractivity contribution in [3.63, 3.8) is 0 Å². The van der Waals surface area contributed by atoms with E-state index in [1.807, 2.05) is 30.3 Å². The summed E-state index contributed by atoms with van der Waals surface area (Å²) in [5.74, 6) is 0.830. The number of guanidine groups is 1. The number of nitrogens with zero attached hydrogens (tertiary/aromatic N) is 1. The third-order valence-electron chi connectivity index (χ3n) is 5.14. The molecule has 0 spiro atoms. The van der Waals surface area contributed by atoms with Gasteiger partial charge in [-0.3, -0.25) is 9.79 Å². The summed E-state index contributed by atoms with van der Waals surface area (Å²) in [4.78, 5) is 16.8. The van der Waals surface area contributed by atoms with E-state index in [0.717, 1.165) is 45.0 Å². The molecule has 6 heteroatoms. The first-order valence-corrected chi connectivity index (χ1v) is 10.0. The topological polar surface area (TPSA) is 74.8 Å². The molecule has 2 rings (SSSR count). The summed E-state index contributed by atoms with van der Waals surface area (Å²) in [6.07, 6.45) is 5.70. The van der Waals surface area contributed by atoms with Crippen LogP contribution in [0, 0.1) is 5.41 Å². The fraction of sp³-hybridized carbons (Fsp3) is 0.619. The average Bonchev–Trinajstić information content (AvgIpc) is 2.67. The summed E-state index contributed by atoms with van der Waals surface area (Å²) >= 11 is 0. The SMILES string of the molecule is CCNC(=NCC1(CCOC)CCC1)NCCCNC(=O)c1ccccc1. The summed E-state index contributed by atoms with van der Waals surface area (Å²) < 4.78 is 5.26. The Hall–Kier alpha value is -2.08. The summed E-state index contributed by atoms with van der Waals surface area (Å²) in [7, 11) is 1.76. The van der Waals surface area contributed by atoms with Crippen molar-refractivity contribution in [2.75, 3.05) is 39.9 Å². The third-order valence-corrected chi connectivity index (χ3v) is 5.14. The fourth-order valence-electron chi connectivity index (χ4n) is 3.26. The van der Waals surface area contributed by atoms with Crippen LogP contribution in [0.4, 0.5) is 0 Å². The Kier molecular flexibility index (Phi) is 9.11. The van der Waals surface area contributed by atoms with Gasteiger partial charge >= 0.3 is 0 Å². The number of hydrogen-bond donors (Lipinski definition) is 3. The van der Waals surface area contributed by atoms with Crippen molar-refractivity contribution >= 4 is 11.9 Å². The van der Waals surface area contributed by atoms with Crippen LogP contribution >= 0.6 is 0 Å². The van der Waals surface area contributed by atoms with Crippen molar-refractivity contribution in [2.45, 2.75) is 39.0 Å². The quantitative estimate of drug-likeness (QED) is 0.316. The summed E-state index contributed by atoms with van der Waals surface area (Å²) in [6, 6.07) is 9.30. The Balaban J connectivity index is 1.70. The second kappa shape index (κ2) is 11.6. The number of carbonyl (C=O) groups excluding carboxylic acids is 1. The Labute approximate surface area is 163 Å². The van der Waals surface area contributed by atoms with E-state index < -0.39 is 0 Å². The van der Waals surface area contributed by atoms with Crippen LogP contribution in [0.5, 0.6) is 0 Å². The van der Waals surface area contributed by atoms with Crippen molar-refractivity contribution in [1.29, 1.82) is 0 Å². The van der Waals surface area contributed by atoms with E-state index >= 15 is 0 Å². The number of nitrogens with one attached hydrogen (secondary N) is 3. The maximum Gasteiger partial charge on any atom is 0.251 e. The molecular formula is C21H34N4O2. The fourth-order valence-corrected chi connectivity index (χ4v) is 3.26. The minimum Gasteiger partial charge on any atom is -0.385 e. The van der Waals surface area contributed by atoms with Gasteiger partial charge in [0.1, 0.15) is 0 Å². The molecule has 6 nitrogen and oxygen atoms in total. The lowest BCUT2D eigenvalue weighted by molar-refractivity contribution is 0.0778. The molecule has 1 aliphatic carbocycles. The van der Waals surface area contributed by atoms with E-state index in [1.54, 1.807) is 7.11 Å². The van der Waals surface area contributed by atoms with Gasteiger partial charge in [0.25, 0.3) is 5.91 Å². The lowest BCUT2D eigenvalue weighted by Gasteiger charge is -2.40. The zero-order valence-corrected chi connectivity index (χ0v) is 16.7. The number of hydrogen-bond acceptors (Lipinski definition) is 3. The molecule has 0 saturated heterocycles. The Morgan fingerprint density at radius 1 is 1.15 bits per heavy atom. The first-order valence-electron chi connectivity index (χ1n) is 10.0. The average molecular weight is 375 g/mol. The zero-order valence-electron chi connectivity index (χ0n) is 16.7. The van der Waals surface area contributed by atoms with Crippen LogP contribution in [0.1, 0.15) is 49.4 Å². The maximum absolute atomic E-state index is 12.0. The highest BCUT2D eigenvalue weighted by Crippen LogP contribution is 2.44. The zero-order chi connectivity index (χ0) is 19.4. The molecule has 3 N–H and O–H groups in total. The molecule has 27 heavy (non-hydrogen) atoms. The molecule has 1 aromatic rings. The number of aliphatic imine (C=N–C) groups is 1. The van der Waals surface area contributed by atoms with Crippen LogP contribution in [0.3, 0.4) is 0 Å². The number of ether oxygens (including phenoxy) is 1. The monoisotopic (exact) mass is 374 g/mol. The van der Waals surface area contributed by atoms with Gasteiger partial charge in [0, 0.05) is 45.5 Å². The molecule has 1 fully saturated rings. The molecule has 1 aromatic carbocycles. The normalized spacial score (nSPS) is 15.7. The van der Waals surface area contributed by atoms with Gasteiger partial charge in [0.15, 0.2) is 5.96 Å². The van der Waals surface area contributed by atoms with Gasteiger partial charge in [0.2, 0.25) is 0 Å². The Morgan fingerprint density at radius 2 is 1.89 bits per heavy atom. The second-order valence-corrected chi connectivity index (χ2v) is 7.19. The minimum absolute atomic E-state index is 0.0266. The molecule has 0 radical (unpaired) electrons. The lowest BCUT2D eigenvalue weighted by atomic mass is 9.67. The van der Waals surface area contributed by atoms with E-state index in [2.05, 4.69) is 22.9 Å². The van der Waals surface area contributed by atoms with Crippen LogP contribution in [0.2, 0.25) is 0 Å². The summed E-state index contributed by atoms with van der Waals surface area (Å²) in [6.45, 7) is 5.96. The highest BCUT2D eigenvalue weighted by atomic mass is 16.5. The summed E-state index contributed by atoms with van der Waals surface area (Å²) in [5.41, 5.74) is 1.02. The van der Waals surface area contributed by atoms with Gasteiger partial charge in [0.05, 0.1) is 0 Å². The van der Waals surface area contributed by atoms with E-state index in [4.69, 9.17) is 9.73 Å². The van der Waals surface area contributed by atoms with E-state index in [0.29, 0.717) is 17.5 Å². The van der Waals surface area contributed by atoms with Crippen LogP contribution in [-0.4, -0.2) is 51.8 Å². The number of methoxy groups -OCH3 is 1. The molecule has 1 amide bonds. The van der Waals surface area contributed by atoms with Crippen molar-refractivity contribution in [1.82, 2.24) is 16.0 Å². The van der Waals surface area contributed by atoms with Crippen molar-refractivity contribution in [3.05, 3.63) is 35.9 Å². The Morgan fingerprint density at radius 3 is 2.52 bits per heavy atom. The molecule has 0 aliphatic heterocycles. The van der Waals surface area contributed by atoms with Crippen LogP contribution in [-0.2, 0) is 4.74 Å². The lowest BCUT2D eigenvalue weighted by Crippen LogP contribution is -2.41. The molecule has 1 aliphatic rings. The first kappa shape index (κ1) is 21.2.